The molecule has 0 bridgehead atoms. The van der Waals surface area contributed by atoms with Gasteiger partial charge in [0, 0.05) is 18.7 Å². The first kappa shape index (κ1) is 21.9. The lowest BCUT2D eigenvalue weighted by molar-refractivity contribution is -0.128. The summed E-state index contributed by atoms with van der Waals surface area (Å²) in [5.41, 5.74) is 2.49. The number of hydrogen-bond donors (Lipinski definition) is 1. The van der Waals surface area contributed by atoms with E-state index in [9.17, 15) is 9.59 Å². The minimum absolute atomic E-state index is 0.0686. The molecule has 2 aromatic rings. The molecule has 1 heterocycles. The van der Waals surface area contributed by atoms with Gasteiger partial charge in [-0.1, -0.05) is 43.8 Å². The number of nitrogens with zero attached hydrogens (tertiary/aromatic N) is 2. The molecule has 1 fully saturated rings. The van der Waals surface area contributed by atoms with Crippen molar-refractivity contribution in [3.05, 3.63) is 54.1 Å². The number of anilines is 1. The van der Waals surface area contributed by atoms with Crippen molar-refractivity contribution in [3.8, 4) is 5.75 Å². The smallest absolute Gasteiger partial charge is 0.242 e. The van der Waals surface area contributed by atoms with E-state index in [4.69, 9.17) is 4.74 Å². The van der Waals surface area contributed by atoms with Gasteiger partial charge >= 0.3 is 0 Å². The zero-order valence-corrected chi connectivity index (χ0v) is 18.5. The Hall–Kier alpha value is -2.80. The number of hydrogen-bond acceptors (Lipinski definition) is 5. The standard InChI is InChI=1S/C23H27N3O3S/c1-15(2)14-26-22(28)20(13-21(27)25-19-8-6-5-7-16(19)3)30-23(26)24-17-9-11-18(29-4)12-10-17/h5-12,15,20H,13-14H2,1-4H3,(H,25,27)/t20-/m0/s1. The summed E-state index contributed by atoms with van der Waals surface area (Å²) in [6.45, 7) is 6.62. The molecule has 0 saturated carbocycles. The Balaban J connectivity index is 1.75. The molecule has 0 unspecified atom stereocenters. The Morgan fingerprint density at radius 2 is 1.90 bits per heavy atom. The molecule has 2 aromatic carbocycles. The van der Waals surface area contributed by atoms with Crippen molar-refractivity contribution in [1.82, 2.24) is 4.90 Å². The molecule has 0 aliphatic carbocycles. The van der Waals surface area contributed by atoms with Gasteiger partial charge in [0.05, 0.1) is 12.8 Å². The number of ether oxygens (including phenoxy) is 1. The quantitative estimate of drug-likeness (QED) is 0.703. The minimum Gasteiger partial charge on any atom is -0.497 e. The van der Waals surface area contributed by atoms with Gasteiger partial charge in [-0.3, -0.25) is 14.5 Å². The molecular weight excluding hydrogens is 398 g/mol. The Bertz CT molecular complexity index is 941. The maximum Gasteiger partial charge on any atom is 0.242 e. The molecule has 1 N–H and O–H groups in total. The van der Waals surface area contributed by atoms with Crippen LogP contribution in [0.25, 0.3) is 0 Å². The second kappa shape index (κ2) is 9.80. The molecular formula is C23H27N3O3S. The van der Waals surface area contributed by atoms with Gasteiger partial charge < -0.3 is 10.1 Å². The van der Waals surface area contributed by atoms with Crippen LogP contribution in [0.2, 0.25) is 0 Å². The normalized spacial score (nSPS) is 17.6. The van der Waals surface area contributed by atoms with Crippen molar-refractivity contribution in [1.29, 1.82) is 0 Å². The summed E-state index contributed by atoms with van der Waals surface area (Å²) in [6, 6.07) is 15.0. The van der Waals surface area contributed by atoms with Crippen LogP contribution in [0.3, 0.4) is 0 Å². The Kier molecular flexibility index (Phi) is 7.15. The maximum absolute atomic E-state index is 13.0. The number of para-hydroxylation sites is 1. The van der Waals surface area contributed by atoms with Crippen LogP contribution in [0.5, 0.6) is 5.75 Å². The van der Waals surface area contributed by atoms with Gasteiger partial charge in [0.25, 0.3) is 0 Å². The van der Waals surface area contributed by atoms with Crippen LogP contribution in [0.15, 0.2) is 53.5 Å². The number of benzene rings is 2. The van der Waals surface area contributed by atoms with E-state index in [2.05, 4.69) is 24.2 Å². The number of aliphatic imine (C=N–C) groups is 1. The van der Waals surface area contributed by atoms with E-state index in [0.717, 1.165) is 22.7 Å². The van der Waals surface area contributed by atoms with Crippen LogP contribution in [0, 0.1) is 12.8 Å². The third kappa shape index (κ3) is 5.42. The SMILES string of the molecule is COc1ccc(N=C2S[C@@H](CC(=O)Nc3ccccc3C)C(=O)N2CC(C)C)cc1. The minimum atomic E-state index is -0.482. The topological polar surface area (TPSA) is 71.0 Å². The molecule has 3 rings (SSSR count). The number of aryl methyl sites for hydroxylation is 1. The van der Waals surface area contributed by atoms with E-state index in [1.54, 1.807) is 12.0 Å². The molecule has 1 atom stereocenters. The van der Waals surface area contributed by atoms with Crippen LogP contribution < -0.4 is 10.1 Å². The van der Waals surface area contributed by atoms with E-state index >= 15 is 0 Å². The third-order valence-electron chi connectivity index (χ3n) is 4.65. The van der Waals surface area contributed by atoms with Gasteiger partial charge in [0.15, 0.2) is 5.17 Å². The molecule has 1 aliphatic heterocycles. The lowest BCUT2D eigenvalue weighted by atomic mass is 10.1. The zero-order valence-electron chi connectivity index (χ0n) is 17.7. The van der Waals surface area contributed by atoms with Gasteiger partial charge in [-0.2, -0.15) is 0 Å². The second-order valence-corrected chi connectivity index (χ2v) is 8.78. The maximum atomic E-state index is 13.0. The summed E-state index contributed by atoms with van der Waals surface area (Å²) in [4.78, 5) is 32.0. The highest BCUT2D eigenvalue weighted by atomic mass is 32.2. The number of amides is 2. The second-order valence-electron chi connectivity index (χ2n) is 7.61. The van der Waals surface area contributed by atoms with E-state index in [-0.39, 0.29) is 24.2 Å². The molecule has 1 saturated heterocycles. The molecule has 158 valence electrons. The number of carbonyl (C=O) groups is 2. The molecule has 7 heteroatoms. The largest absolute Gasteiger partial charge is 0.497 e. The fourth-order valence-electron chi connectivity index (χ4n) is 3.11. The number of carbonyl (C=O) groups excluding carboxylic acids is 2. The van der Waals surface area contributed by atoms with Gasteiger partial charge in [0.1, 0.15) is 11.0 Å². The molecule has 30 heavy (non-hydrogen) atoms. The lowest BCUT2D eigenvalue weighted by Gasteiger charge is -2.18. The Labute approximate surface area is 181 Å². The van der Waals surface area contributed by atoms with Gasteiger partial charge in [-0.25, -0.2) is 4.99 Å². The average Bonchev–Trinajstić information content (AvgIpc) is 2.98. The summed E-state index contributed by atoms with van der Waals surface area (Å²) < 4.78 is 5.19. The van der Waals surface area contributed by atoms with Gasteiger partial charge in [-0.15, -0.1) is 0 Å². The molecule has 0 aromatic heterocycles. The average molecular weight is 426 g/mol. The van der Waals surface area contributed by atoms with Crippen molar-refractivity contribution < 1.29 is 14.3 Å². The van der Waals surface area contributed by atoms with Gasteiger partial charge in [-0.05, 0) is 48.7 Å². The molecule has 0 radical (unpaired) electrons. The lowest BCUT2D eigenvalue weighted by Crippen LogP contribution is -2.36. The Morgan fingerprint density at radius 1 is 1.20 bits per heavy atom. The van der Waals surface area contributed by atoms with Crippen LogP contribution in [0.4, 0.5) is 11.4 Å². The summed E-state index contributed by atoms with van der Waals surface area (Å²) in [6.07, 6.45) is 0.105. The zero-order chi connectivity index (χ0) is 21.7. The van der Waals surface area contributed by atoms with E-state index < -0.39 is 5.25 Å². The number of amidine groups is 1. The first-order valence-electron chi connectivity index (χ1n) is 9.93. The number of rotatable bonds is 7. The van der Waals surface area contributed by atoms with E-state index in [0.29, 0.717) is 11.7 Å². The fraction of sp³-hybridized carbons (Fsp3) is 0.348. The van der Waals surface area contributed by atoms with Crippen molar-refractivity contribution in [3.63, 3.8) is 0 Å². The summed E-state index contributed by atoms with van der Waals surface area (Å²) in [5.74, 6) is 0.792. The highest BCUT2D eigenvalue weighted by Gasteiger charge is 2.39. The number of thioether (sulfide) groups is 1. The predicted octanol–water partition coefficient (Wildman–Crippen LogP) is 4.62. The van der Waals surface area contributed by atoms with Crippen molar-refractivity contribution in [2.75, 3.05) is 19.0 Å². The van der Waals surface area contributed by atoms with Crippen LogP contribution in [0.1, 0.15) is 25.8 Å². The first-order chi connectivity index (χ1) is 14.4. The van der Waals surface area contributed by atoms with Gasteiger partial charge in [0.2, 0.25) is 11.8 Å². The first-order valence-corrected chi connectivity index (χ1v) is 10.8. The fourth-order valence-corrected chi connectivity index (χ4v) is 4.28. The van der Waals surface area contributed by atoms with Crippen molar-refractivity contribution in [2.24, 2.45) is 10.9 Å². The van der Waals surface area contributed by atoms with Crippen LogP contribution in [-0.4, -0.2) is 40.8 Å². The third-order valence-corrected chi connectivity index (χ3v) is 5.83. The highest BCUT2D eigenvalue weighted by Crippen LogP contribution is 2.33. The molecule has 6 nitrogen and oxygen atoms in total. The predicted molar refractivity (Wildman–Crippen MR) is 122 cm³/mol. The Morgan fingerprint density at radius 3 is 2.53 bits per heavy atom. The summed E-state index contributed by atoms with van der Waals surface area (Å²) >= 11 is 1.35. The molecule has 2 amide bonds. The molecule has 1 aliphatic rings. The van der Waals surface area contributed by atoms with Crippen molar-refractivity contribution >= 4 is 40.1 Å². The van der Waals surface area contributed by atoms with E-state index in [1.807, 2.05) is 55.5 Å². The number of nitrogens with one attached hydrogen (secondary N) is 1. The monoisotopic (exact) mass is 425 g/mol. The number of methoxy groups -OCH3 is 1. The summed E-state index contributed by atoms with van der Waals surface area (Å²) in [7, 11) is 1.61. The van der Waals surface area contributed by atoms with E-state index in [1.165, 1.54) is 11.8 Å². The van der Waals surface area contributed by atoms with Crippen LogP contribution in [-0.2, 0) is 9.59 Å². The summed E-state index contributed by atoms with van der Waals surface area (Å²) in [5, 5.41) is 3.06. The highest BCUT2D eigenvalue weighted by molar-refractivity contribution is 8.15. The van der Waals surface area contributed by atoms with Crippen LogP contribution >= 0.6 is 11.8 Å². The van der Waals surface area contributed by atoms with Crippen molar-refractivity contribution in [2.45, 2.75) is 32.4 Å². The molecule has 0 spiro atoms.